The summed E-state index contributed by atoms with van der Waals surface area (Å²) in [5, 5.41) is 1.85. The van der Waals surface area contributed by atoms with Crippen molar-refractivity contribution in [1.82, 2.24) is 0 Å². The van der Waals surface area contributed by atoms with Gasteiger partial charge >= 0.3 is 0 Å². The van der Waals surface area contributed by atoms with E-state index in [0.717, 1.165) is 81.2 Å². The fourth-order valence-corrected chi connectivity index (χ4v) is 10.2. The summed E-state index contributed by atoms with van der Waals surface area (Å²) in [6.45, 7) is 0. The Kier molecular flexibility index (Phi) is 8.65. The topological polar surface area (TPSA) is 87.6 Å². The molecule has 0 amide bonds. The maximum Gasteiger partial charge on any atom is 0.148 e. The molecule has 5 nitrogen and oxygen atoms in total. The molecular weight excluding hydrogens is 467 g/mol. The summed E-state index contributed by atoms with van der Waals surface area (Å²) in [7, 11) is -2.95. The summed E-state index contributed by atoms with van der Waals surface area (Å²) in [6.07, 6.45) is 11.2. The molecule has 5 rings (SSSR count). The predicted molar refractivity (Wildman–Crippen MR) is 148 cm³/mol. The van der Waals surface area contributed by atoms with Crippen molar-refractivity contribution < 1.29 is 14.0 Å². The first-order chi connectivity index (χ1) is 17.5. The molecule has 36 heavy (non-hydrogen) atoms. The quantitative estimate of drug-likeness (QED) is 0.520. The lowest BCUT2D eigenvalue weighted by Gasteiger charge is -2.43. The third-order valence-electron chi connectivity index (χ3n) is 8.54. The molecule has 196 valence electrons. The molecule has 7 unspecified atom stereocenters. The fraction of sp³-hybridized carbons (Fsp3) is 0.600. The maximum absolute atomic E-state index is 15.3. The maximum atomic E-state index is 15.3. The number of hydrogen-bond acceptors (Lipinski definition) is 5. The van der Waals surface area contributed by atoms with Gasteiger partial charge in [-0.1, -0.05) is 60.7 Å². The average Bonchev–Trinajstić information content (AvgIpc) is 2.89. The zero-order chi connectivity index (χ0) is 25.0. The van der Waals surface area contributed by atoms with Gasteiger partial charge in [0.25, 0.3) is 0 Å². The Morgan fingerprint density at radius 3 is 1.64 bits per heavy atom. The fourth-order valence-electron chi connectivity index (χ4n) is 6.72. The molecular formula is C30H43N2O3P. The second kappa shape index (κ2) is 11.9. The van der Waals surface area contributed by atoms with Crippen molar-refractivity contribution in [2.75, 3.05) is 0 Å². The Hall–Kier alpha value is -1.49. The van der Waals surface area contributed by atoms with Crippen molar-refractivity contribution in [3.05, 3.63) is 60.7 Å². The minimum Gasteiger partial charge on any atom is -0.375 e. The van der Waals surface area contributed by atoms with E-state index in [9.17, 15) is 0 Å². The highest BCUT2D eigenvalue weighted by Gasteiger charge is 2.46. The molecule has 2 aromatic carbocycles. The molecule has 3 aliphatic carbocycles. The number of ether oxygens (including phenoxy) is 2. The first kappa shape index (κ1) is 26.1. The summed E-state index contributed by atoms with van der Waals surface area (Å²) >= 11 is 0. The van der Waals surface area contributed by atoms with Crippen molar-refractivity contribution >= 4 is 17.8 Å². The van der Waals surface area contributed by atoms with Crippen LogP contribution in [0.4, 0.5) is 0 Å². The number of rotatable bonds is 7. The van der Waals surface area contributed by atoms with E-state index in [0.29, 0.717) is 0 Å². The van der Waals surface area contributed by atoms with Gasteiger partial charge in [0.05, 0.1) is 24.4 Å². The Bertz CT molecular complexity index is 960. The summed E-state index contributed by atoms with van der Waals surface area (Å²) in [4.78, 5) is 0. The van der Waals surface area contributed by atoms with Gasteiger partial charge in [-0.2, -0.15) is 0 Å². The Morgan fingerprint density at radius 2 is 1.11 bits per heavy atom. The Labute approximate surface area is 216 Å². The molecule has 6 heteroatoms. The summed E-state index contributed by atoms with van der Waals surface area (Å²) in [5.41, 5.74) is 12.5. The molecule has 3 fully saturated rings. The monoisotopic (exact) mass is 510 g/mol. The highest BCUT2D eigenvalue weighted by molar-refractivity contribution is 7.79. The summed E-state index contributed by atoms with van der Waals surface area (Å²) in [5.74, 6) is 0. The zero-order valence-corrected chi connectivity index (χ0v) is 22.3. The smallest absolute Gasteiger partial charge is 0.148 e. The van der Waals surface area contributed by atoms with Crippen LogP contribution in [0.5, 0.6) is 0 Å². The van der Waals surface area contributed by atoms with E-state index in [1.165, 1.54) is 0 Å². The van der Waals surface area contributed by atoms with Gasteiger partial charge in [0.2, 0.25) is 0 Å². The molecule has 0 spiro atoms. The van der Waals surface area contributed by atoms with Crippen LogP contribution in [0.1, 0.15) is 70.6 Å². The predicted octanol–water partition coefficient (Wildman–Crippen LogP) is 4.86. The van der Waals surface area contributed by atoms with E-state index >= 15 is 4.57 Å². The molecule has 0 aromatic heterocycles. The standard InChI is InChI=1S/C30H43N2O3P/c31-22-9-7-11-24(19-22)34-26-17-18-30(29(21-26)35-25-12-8-10-23(32)20-25)36(33,27-13-3-1-4-14-27)28-15-5-2-6-16-28/h1-6,13-16,22-26,29-30H,7-12,17-21,31-32H2. The van der Waals surface area contributed by atoms with Crippen LogP contribution in [0, 0.1) is 0 Å². The van der Waals surface area contributed by atoms with E-state index in [-0.39, 0.29) is 42.2 Å². The number of hydrogen-bond donors (Lipinski definition) is 2. The van der Waals surface area contributed by atoms with Gasteiger partial charge in [0, 0.05) is 34.8 Å². The molecule has 2 aromatic rings. The van der Waals surface area contributed by atoms with Gasteiger partial charge in [-0.25, -0.2) is 0 Å². The highest BCUT2D eigenvalue weighted by atomic mass is 31.2. The molecule has 3 aliphatic rings. The van der Waals surface area contributed by atoms with Gasteiger partial charge < -0.3 is 25.5 Å². The molecule has 4 N–H and O–H groups in total. The van der Waals surface area contributed by atoms with Crippen LogP contribution in [0.25, 0.3) is 0 Å². The third-order valence-corrected chi connectivity index (χ3v) is 12.2. The lowest BCUT2D eigenvalue weighted by atomic mass is 9.90. The van der Waals surface area contributed by atoms with Gasteiger partial charge in [-0.3, -0.25) is 0 Å². The van der Waals surface area contributed by atoms with Crippen LogP contribution in [-0.2, 0) is 14.0 Å². The highest BCUT2D eigenvalue weighted by Crippen LogP contribution is 2.55. The van der Waals surface area contributed by atoms with E-state index in [1.54, 1.807) is 0 Å². The Morgan fingerprint density at radius 1 is 0.611 bits per heavy atom. The molecule has 0 radical (unpaired) electrons. The largest absolute Gasteiger partial charge is 0.375 e. The van der Waals surface area contributed by atoms with E-state index < -0.39 is 7.14 Å². The van der Waals surface area contributed by atoms with Gasteiger partial charge in [0.1, 0.15) is 7.14 Å². The molecule has 0 saturated heterocycles. The van der Waals surface area contributed by atoms with Crippen LogP contribution < -0.4 is 22.1 Å². The van der Waals surface area contributed by atoms with Crippen LogP contribution in [0.15, 0.2) is 60.7 Å². The van der Waals surface area contributed by atoms with Crippen molar-refractivity contribution in [2.45, 2.75) is 113 Å². The summed E-state index contributed by atoms with van der Waals surface area (Å²) in [6, 6.07) is 20.6. The van der Waals surface area contributed by atoms with Crippen LogP contribution in [0.3, 0.4) is 0 Å². The van der Waals surface area contributed by atoms with Crippen molar-refractivity contribution in [3.8, 4) is 0 Å². The minimum atomic E-state index is -2.95. The normalized spacial score (nSPS) is 33.8. The molecule has 3 saturated carbocycles. The van der Waals surface area contributed by atoms with E-state index in [2.05, 4.69) is 0 Å². The van der Waals surface area contributed by atoms with Crippen molar-refractivity contribution in [2.24, 2.45) is 11.5 Å². The minimum absolute atomic E-state index is 0.0751. The molecule has 0 aliphatic heterocycles. The van der Waals surface area contributed by atoms with Gasteiger partial charge in [-0.15, -0.1) is 0 Å². The molecule has 0 heterocycles. The first-order valence-corrected chi connectivity index (χ1v) is 15.8. The van der Waals surface area contributed by atoms with Crippen LogP contribution >= 0.6 is 7.14 Å². The lowest BCUT2D eigenvalue weighted by molar-refractivity contribution is -0.104. The number of nitrogens with two attached hydrogens (primary N) is 2. The average molecular weight is 511 g/mol. The van der Waals surface area contributed by atoms with E-state index in [1.807, 2.05) is 60.7 Å². The number of benzene rings is 2. The first-order valence-electron chi connectivity index (χ1n) is 14.1. The molecule has 0 bridgehead atoms. The zero-order valence-electron chi connectivity index (χ0n) is 21.4. The van der Waals surface area contributed by atoms with Gasteiger partial charge in [-0.05, 0) is 64.2 Å². The van der Waals surface area contributed by atoms with Gasteiger partial charge in [0.15, 0.2) is 0 Å². The molecule has 7 atom stereocenters. The van der Waals surface area contributed by atoms with Crippen LogP contribution in [0.2, 0.25) is 0 Å². The van der Waals surface area contributed by atoms with Crippen LogP contribution in [-0.4, -0.2) is 42.2 Å². The second-order valence-electron chi connectivity index (χ2n) is 11.2. The van der Waals surface area contributed by atoms with Crippen molar-refractivity contribution in [3.63, 3.8) is 0 Å². The third kappa shape index (κ3) is 5.97. The van der Waals surface area contributed by atoms with E-state index in [4.69, 9.17) is 20.9 Å². The second-order valence-corrected chi connectivity index (χ2v) is 14.3. The summed E-state index contributed by atoms with van der Waals surface area (Å²) < 4.78 is 28.8. The Balaban J connectivity index is 1.43. The SMILES string of the molecule is NC1CCCC(OC2CCC(P(=O)(c3ccccc3)c3ccccc3)C(OC3CCCC(N)C3)C2)C1. The van der Waals surface area contributed by atoms with Crippen molar-refractivity contribution in [1.29, 1.82) is 0 Å². The lowest BCUT2D eigenvalue weighted by Crippen LogP contribution is -2.46.